The van der Waals surface area contributed by atoms with E-state index in [1.165, 1.54) is 19.2 Å². The van der Waals surface area contributed by atoms with Crippen LogP contribution >= 0.6 is 0 Å². The fraction of sp³-hybridized carbons (Fsp3) is 0.467. The van der Waals surface area contributed by atoms with E-state index in [0.717, 1.165) is 24.8 Å². The Bertz CT molecular complexity index is 1360. The predicted octanol–water partition coefficient (Wildman–Crippen LogP) is 3.87. The monoisotopic (exact) mass is 548 g/mol. The highest BCUT2D eigenvalue weighted by Gasteiger charge is 2.76. The molecule has 6 rings (SSSR count). The van der Waals surface area contributed by atoms with Crippen LogP contribution in [0.5, 0.6) is 11.5 Å². The molecule has 0 bridgehead atoms. The van der Waals surface area contributed by atoms with Crippen molar-refractivity contribution in [3.05, 3.63) is 59.2 Å². The van der Waals surface area contributed by atoms with Crippen molar-refractivity contribution in [1.82, 2.24) is 5.01 Å². The number of hydrogen-bond donors (Lipinski definition) is 0. The largest absolute Gasteiger partial charge is 0.493 e. The fourth-order valence-electron chi connectivity index (χ4n) is 6.82. The molecule has 10 heteroatoms. The van der Waals surface area contributed by atoms with Crippen LogP contribution in [0.2, 0.25) is 0 Å². The highest BCUT2D eigenvalue weighted by Crippen LogP contribution is 2.63. The van der Waals surface area contributed by atoms with Crippen LogP contribution < -0.4 is 9.47 Å². The van der Waals surface area contributed by atoms with Gasteiger partial charge < -0.3 is 23.7 Å². The smallest absolute Gasteiger partial charge is 0.331 e. The summed E-state index contributed by atoms with van der Waals surface area (Å²) in [5.41, 5.74) is -0.0556. The van der Waals surface area contributed by atoms with Crippen molar-refractivity contribution >= 4 is 24.1 Å². The summed E-state index contributed by atoms with van der Waals surface area (Å²) in [6.45, 7) is 1.81. The maximum Gasteiger partial charge on any atom is 0.331 e. The number of hydrogen-bond acceptors (Lipinski definition) is 10. The number of methoxy groups -OCH3 is 2. The Kier molecular flexibility index (Phi) is 6.43. The van der Waals surface area contributed by atoms with Gasteiger partial charge in [-0.25, -0.2) is 4.79 Å². The lowest BCUT2D eigenvalue weighted by atomic mass is 9.65. The third kappa shape index (κ3) is 3.68. The van der Waals surface area contributed by atoms with Gasteiger partial charge in [0.15, 0.2) is 17.5 Å². The highest BCUT2D eigenvalue weighted by molar-refractivity contribution is 6.06. The first kappa shape index (κ1) is 26.2. The quantitative estimate of drug-likeness (QED) is 0.406. The SMILES string of the molecule is CCOC(=O)[C@@H]1[C@@H](c2ccc(OC)c(OC)c2)C2(C(=O)OC3(CCCCC3)OC2=O)[C@@H]2c3ccccc3C=NN12. The normalized spacial score (nSPS) is 25.6. The Morgan fingerprint density at radius 3 is 2.38 bits per heavy atom. The van der Waals surface area contributed by atoms with Gasteiger partial charge in [-0.2, -0.15) is 5.10 Å². The molecular weight excluding hydrogens is 516 g/mol. The second-order valence-electron chi connectivity index (χ2n) is 10.6. The van der Waals surface area contributed by atoms with Crippen LogP contribution in [0.15, 0.2) is 47.6 Å². The number of hydrazone groups is 1. The summed E-state index contributed by atoms with van der Waals surface area (Å²) in [4.78, 5) is 42.8. The van der Waals surface area contributed by atoms with Crippen LogP contribution in [-0.2, 0) is 28.6 Å². The van der Waals surface area contributed by atoms with Gasteiger partial charge in [0.1, 0.15) is 6.04 Å². The maximum atomic E-state index is 14.5. The first-order valence-electron chi connectivity index (χ1n) is 13.7. The molecule has 3 fully saturated rings. The number of esters is 3. The summed E-state index contributed by atoms with van der Waals surface area (Å²) in [5, 5.41) is 6.15. The van der Waals surface area contributed by atoms with Gasteiger partial charge in [0.2, 0.25) is 5.41 Å². The standard InChI is InChI=1S/C30H32N2O8/c1-4-38-26(33)24-23(18-12-13-21(36-2)22(16-18)37-3)30(25-20-11-7-6-10-19(20)17-31-32(24)25)27(34)39-29(40-28(30)35)14-8-5-9-15-29/h6-7,10-13,16-17,23-25H,4-5,8-9,14-15H2,1-3H3/t23-,24+,25+/m1/s1. The van der Waals surface area contributed by atoms with E-state index in [4.69, 9.17) is 23.7 Å². The van der Waals surface area contributed by atoms with Crippen LogP contribution in [0.4, 0.5) is 0 Å². The lowest BCUT2D eigenvalue weighted by Crippen LogP contribution is -2.60. The molecule has 3 heterocycles. The fourth-order valence-corrected chi connectivity index (χ4v) is 6.82. The number of fused-ring (bicyclic) bond motifs is 4. The average Bonchev–Trinajstić information content (AvgIpc) is 3.29. The third-order valence-corrected chi connectivity index (χ3v) is 8.55. The third-order valence-electron chi connectivity index (χ3n) is 8.55. The molecule has 210 valence electrons. The molecule has 3 aliphatic heterocycles. The molecule has 2 aromatic rings. The van der Waals surface area contributed by atoms with E-state index in [2.05, 4.69) is 5.10 Å². The summed E-state index contributed by atoms with van der Waals surface area (Å²) >= 11 is 0. The molecule has 0 unspecified atom stereocenters. The molecule has 0 radical (unpaired) electrons. The maximum absolute atomic E-state index is 14.5. The van der Waals surface area contributed by atoms with Crippen molar-refractivity contribution in [3.8, 4) is 11.5 Å². The first-order valence-corrected chi connectivity index (χ1v) is 13.7. The van der Waals surface area contributed by atoms with Gasteiger partial charge in [-0.1, -0.05) is 36.8 Å². The Labute approximate surface area is 232 Å². The van der Waals surface area contributed by atoms with Gasteiger partial charge in [0.05, 0.1) is 27.0 Å². The molecule has 0 aromatic heterocycles. The van der Waals surface area contributed by atoms with E-state index in [1.807, 2.05) is 24.3 Å². The molecule has 10 nitrogen and oxygen atoms in total. The van der Waals surface area contributed by atoms with Crippen LogP contribution in [-0.4, -0.2) is 61.8 Å². The van der Waals surface area contributed by atoms with Crippen LogP contribution in [0.3, 0.4) is 0 Å². The van der Waals surface area contributed by atoms with E-state index >= 15 is 0 Å². The highest BCUT2D eigenvalue weighted by atomic mass is 16.7. The minimum Gasteiger partial charge on any atom is -0.493 e. The molecule has 2 saturated heterocycles. The Morgan fingerprint density at radius 1 is 1.00 bits per heavy atom. The second-order valence-corrected chi connectivity index (χ2v) is 10.6. The van der Waals surface area contributed by atoms with Crippen molar-refractivity contribution < 1.29 is 38.1 Å². The average molecular weight is 549 g/mol. The van der Waals surface area contributed by atoms with Crippen molar-refractivity contribution in [2.45, 2.75) is 62.8 Å². The lowest BCUT2D eigenvalue weighted by molar-refractivity contribution is -0.273. The van der Waals surface area contributed by atoms with Gasteiger partial charge in [-0.05, 0) is 48.6 Å². The molecule has 2 spiro atoms. The van der Waals surface area contributed by atoms with Crippen molar-refractivity contribution in [3.63, 3.8) is 0 Å². The Balaban J connectivity index is 1.61. The zero-order chi connectivity index (χ0) is 28.1. The van der Waals surface area contributed by atoms with Crippen molar-refractivity contribution in [2.24, 2.45) is 10.5 Å². The molecule has 2 aromatic carbocycles. The summed E-state index contributed by atoms with van der Waals surface area (Å²) < 4.78 is 28.8. The number of rotatable bonds is 5. The van der Waals surface area contributed by atoms with Crippen LogP contribution in [0, 0.1) is 5.41 Å². The molecule has 0 N–H and O–H groups in total. The first-order chi connectivity index (χ1) is 19.4. The van der Waals surface area contributed by atoms with Gasteiger partial charge >= 0.3 is 17.9 Å². The van der Waals surface area contributed by atoms with Gasteiger partial charge in [-0.15, -0.1) is 0 Å². The predicted molar refractivity (Wildman–Crippen MR) is 142 cm³/mol. The topological polar surface area (TPSA) is 113 Å². The number of carbonyl (C=O) groups excluding carboxylic acids is 3. The van der Waals surface area contributed by atoms with Crippen LogP contribution in [0.25, 0.3) is 0 Å². The van der Waals surface area contributed by atoms with Crippen LogP contribution in [0.1, 0.15) is 67.7 Å². The number of benzene rings is 2. The molecule has 40 heavy (non-hydrogen) atoms. The van der Waals surface area contributed by atoms with Gasteiger partial charge in [-0.3, -0.25) is 14.6 Å². The molecule has 3 atom stereocenters. The molecule has 1 saturated carbocycles. The molecule has 0 amide bonds. The zero-order valence-corrected chi connectivity index (χ0v) is 22.8. The second kappa shape index (κ2) is 9.83. The van der Waals surface area contributed by atoms with Crippen molar-refractivity contribution in [2.75, 3.05) is 20.8 Å². The number of carbonyl (C=O) groups is 3. The lowest BCUT2D eigenvalue weighted by Gasteiger charge is -2.47. The summed E-state index contributed by atoms with van der Waals surface area (Å²) in [6.07, 6.45) is 5.03. The summed E-state index contributed by atoms with van der Waals surface area (Å²) in [5.74, 6) is -3.59. The van der Waals surface area contributed by atoms with E-state index in [0.29, 0.717) is 35.5 Å². The minimum absolute atomic E-state index is 0.109. The molecular formula is C30H32N2O8. The van der Waals surface area contributed by atoms with E-state index < -0.39 is 47.1 Å². The van der Waals surface area contributed by atoms with E-state index in [1.54, 1.807) is 31.3 Å². The zero-order valence-electron chi connectivity index (χ0n) is 22.8. The Hall–Kier alpha value is -4.08. The van der Waals surface area contributed by atoms with E-state index in [9.17, 15) is 14.4 Å². The van der Waals surface area contributed by atoms with Crippen molar-refractivity contribution in [1.29, 1.82) is 0 Å². The summed E-state index contributed by atoms with van der Waals surface area (Å²) in [7, 11) is 3.01. The number of nitrogens with zero attached hydrogens (tertiary/aromatic N) is 2. The van der Waals surface area contributed by atoms with Gasteiger partial charge in [0, 0.05) is 18.8 Å². The van der Waals surface area contributed by atoms with Gasteiger partial charge in [0.25, 0.3) is 5.79 Å². The Morgan fingerprint density at radius 2 is 1.70 bits per heavy atom. The number of ether oxygens (including phenoxy) is 5. The van der Waals surface area contributed by atoms with E-state index in [-0.39, 0.29) is 6.61 Å². The molecule has 4 aliphatic rings. The summed E-state index contributed by atoms with van der Waals surface area (Å²) in [6, 6.07) is 10.4. The molecule has 1 aliphatic carbocycles. The minimum atomic E-state index is -1.95.